The summed E-state index contributed by atoms with van der Waals surface area (Å²) in [6, 6.07) is 6.74. The Morgan fingerprint density at radius 2 is 2.26 bits per heavy atom. The monoisotopic (exact) mass is 265 g/mol. The number of fused-ring (bicyclic) bond motifs is 1. The van der Waals surface area contributed by atoms with Crippen molar-refractivity contribution in [3.8, 4) is 11.5 Å². The highest BCUT2D eigenvalue weighted by molar-refractivity contribution is 5.43. The highest BCUT2D eigenvalue weighted by Crippen LogP contribution is 2.35. The molecule has 2 unspecified atom stereocenters. The van der Waals surface area contributed by atoms with Crippen molar-refractivity contribution >= 4 is 0 Å². The summed E-state index contributed by atoms with van der Waals surface area (Å²) < 4.78 is 16.1. The molecule has 2 rings (SSSR count). The van der Waals surface area contributed by atoms with Gasteiger partial charge in [0.05, 0.1) is 13.7 Å². The quantitative estimate of drug-likeness (QED) is 0.858. The topological polar surface area (TPSA) is 39.7 Å². The molecule has 1 heterocycles. The lowest BCUT2D eigenvalue weighted by Crippen LogP contribution is -2.34. The fraction of sp³-hybridized carbons (Fsp3) is 0.600. The van der Waals surface area contributed by atoms with Gasteiger partial charge in [-0.2, -0.15) is 0 Å². The Hall–Kier alpha value is -1.26. The van der Waals surface area contributed by atoms with Crippen LogP contribution < -0.4 is 14.8 Å². The van der Waals surface area contributed by atoms with Crippen LogP contribution in [0.2, 0.25) is 0 Å². The van der Waals surface area contributed by atoms with E-state index in [1.165, 1.54) is 5.56 Å². The van der Waals surface area contributed by atoms with Gasteiger partial charge in [-0.1, -0.05) is 0 Å². The molecule has 4 nitrogen and oxygen atoms in total. The Labute approximate surface area is 115 Å². The second kappa shape index (κ2) is 6.78. The van der Waals surface area contributed by atoms with Gasteiger partial charge in [-0.25, -0.2) is 0 Å². The highest BCUT2D eigenvalue weighted by Gasteiger charge is 2.23. The first kappa shape index (κ1) is 14.2. The van der Waals surface area contributed by atoms with Gasteiger partial charge in [0.1, 0.15) is 11.5 Å². The summed E-state index contributed by atoms with van der Waals surface area (Å²) in [5.41, 5.74) is 1.19. The van der Waals surface area contributed by atoms with Gasteiger partial charge in [-0.3, -0.25) is 0 Å². The van der Waals surface area contributed by atoms with Crippen molar-refractivity contribution in [1.29, 1.82) is 0 Å². The van der Waals surface area contributed by atoms with Crippen LogP contribution >= 0.6 is 0 Å². The van der Waals surface area contributed by atoms with Gasteiger partial charge in [-0.15, -0.1) is 0 Å². The molecular weight excluding hydrogens is 242 g/mol. The van der Waals surface area contributed by atoms with Crippen LogP contribution in [-0.2, 0) is 4.74 Å². The Morgan fingerprint density at radius 3 is 3.00 bits per heavy atom. The average molecular weight is 265 g/mol. The maximum absolute atomic E-state index is 5.70. The summed E-state index contributed by atoms with van der Waals surface area (Å²) in [6.45, 7) is 3.73. The first-order valence-corrected chi connectivity index (χ1v) is 6.80. The molecule has 0 saturated carbocycles. The Bertz CT molecular complexity index is 408. The van der Waals surface area contributed by atoms with Crippen molar-refractivity contribution in [2.45, 2.75) is 31.8 Å². The third kappa shape index (κ3) is 3.61. The number of nitrogens with one attached hydrogen (secondary N) is 1. The first-order valence-electron chi connectivity index (χ1n) is 6.80. The maximum atomic E-state index is 5.70. The zero-order valence-electron chi connectivity index (χ0n) is 11.9. The molecule has 0 fully saturated rings. The summed E-state index contributed by atoms with van der Waals surface area (Å²) in [5.74, 6) is 1.84. The van der Waals surface area contributed by atoms with Crippen molar-refractivity contribution in [2.24, 2.45) is 0 Å². The molecule has 19 heavy (non-hydrogen) atoms. The van der Waals surface area contributed by atoms with Crippen molar-refractivity contribution in [3.63, 3.8) is 0 Å². The molecule has 4 heteroatoms. The molecule has 1 aliphatic rings. The third-order valence-corrected chi connectivity index (χ3v) is 3.50. The van der Waals surface area contributed by atoms with E-state index >= 15 is 0 Å². The van der Waals surface area contributed by atoms with Gasteiger partial charge >= 0.3 is 0 Å². The largest absolute Gasteiger partial charge is 0.497 e. The molecule has 0 spiro atoms. The molecule has 106 valence electrons. The minimum atomic E-state index is 0.325. The van der Waals surface area contributed by atoms with Crippen LogP contribution in [0.1, 0.15) is 31.4 Å². The number of methoxy groups -OCH3 is 2. The van der Waals surface area contributed by atoms with Crippen LogP contribution in [0.15, 0.2) is 18.2 Å². The number of hydrogen-bond donors (Lipinski definition) is 1. The van der Waals surface area contributed by atoms with E-state index in [1.807, 2.05) is 12.1 Å². The average Bonchev–Trinajstić information content (AvgIpc) is 2.45. The molecule has 1 aromatic rings. The molecule has 0 aromatic heterocycles. The van der Waals surface area contributed by atoms with Crippen LogP contribution in [0, 0.1) is 0 Å². The Kier molecular flexibility index (Phi) is 5.05. The second-order valence-corrected chi connectivity index (χ2v) is 4.94. The first-order chi connectivity index (χ1) is 9.24. The Balaban J connectivity index is 2.07. The fourth-order valence-electron chi connectivity index (χ4n) is 2.39. The normalized spacial score (nSPS) is 19.4. The second-order valence-electron chi connectivity index (χ2n) is 4.94. The molecule has 0 amide bonds. The van der Waals surface area contributed by atoms with E-state index in [0.29, 0.717) is 12.1 Å². The van der Waals surface area contributed by atoms with Crippen molar-refractivity contribution in [3.05, 3.63) is 23.8 Å². The van der Waals surface area contributed by atoms with E-state index in [9.17, 15) is 0 Å². The molecule has 1 aromatic carbocycles. The third-order valence-electron chi connectivity index (χ3n) is 3.50. The predicted molar refractivity (Wildman–Crippen MR) is 74.9 cm³/mol. The van der Waals surface area contributed by atoms with Gasteiger partial charge in [-0.05, 0) is 31.5 Å². The van der Waals surface area contributed by atoms with Crippen LogP contribution in [0.4, 0.5) is 0 Å². The summed E-state index contributed by atoms with van der Waals surface area (Å²) in [4.78, 5) is 0. The van der Waals surface area contributed by atoms with Gasteiger partial charge < -0.3 is 19.5 Å². The summed E-state index contributed by atoms with van der Waals surface area (Å²) in [6.07, 6.45) is 1.99. The van der Waals surface area contributed by atoms with Crippen LogP contribution in [0.5, 0.6) is 11.5 Å². The van der Waals surface area contributed by atoms with E-state index in [0.717, 1.165) is 37.6 Å². The van der Waals surface area contributed by atoms with Crippen LogP contribution in [0.3, 0.4) is 0 Å². The van der Waals surface area contributed by atoms with Crippen molar-refractivity contribution in [2.75, 3.05) is 27.4 Å². The SMILES string of the molecule is COCCC(C)NC1CCOc2ccc(OC)cc21. The van der Waals surface area contributed by atoms with Crippen molar-refractivity contribution < 1.29 is 14.2 Å². The van der Waals surface area contributed by atoms with Crippen LogP contribution in [0.25, 0.3) is 0 Å². The summed E-state index contributed by atoms with van der Waals surface area (Å²) in [5, 5.41) is 3.65. The van der Waals surface area contributed by atoms with Gasteiger partial charge in [0.25, 0.3) is 0 Å². The number of ether oxygens (including phenoxy) is 3. The lowest BCUT2D eigenvalue weighted by atomic mass is 9.99. The number of benzene rings is 1. The summed E-state index contributed by atoms with van der Waals surface area (Å²) >= 11 is 0. The number of rotatable bonds is 6. The molecule has 0 saturated heterocycles. The van der Waals surface area contributed by atoms with Gasteiger partial charge in [0.2, 0.25) is 0 Å². The number of hydrogen-bond acceptors (Lipinski definition) is 4. The lowest BCUT2D eigenvalue weighted by Gasteiger charge is -2.29. The predicted octanol–water partition coefficient (Wildman–Crippen LogP) is 2.53. The zero-order chi connectivity index (χ0) is 13.7. The molecule has 0 radical (unpaired) electrons. The zero-order valence-corrected chi connectivity index (χ0v) is 11.9. The fourth-order valence-corrected chi connectivity index (χ4v) is 2.39. The maximum Gasteiger partial charge on any atom is 0.124 e. The van der Waals surface area contributed by atoms with Gasteiger partial charge in [0, 0.05) is 37.8 Å². The molecule has 1 aliphatic heterocycles. The molecule has 0 bridgehead atoms. The molecular formula is C15H23NO3. The highest BCUT2D eigenvalue weighted by atomic mass is 16.5. The van der Waals surface area contributed by atoms with E-state index in [2.05, 4.69) is 18.3 Å². The van der Waals surface area contributed by atoms with E-state index in [1.54, 1.807) is 14.2 Å². The molecule has 0 aliphatic carbocycles. The van der Waals surface area contributed by atoms with E-state index < -0.39 is 0 Å². The summed E-state index contributed by atoms with van der Waals surface area (Å²) in [7, 11) is 3.43. The smallest absolute Gasteiger partial charge is 0.124 e. The van der Waals surface area contributed by atoms with Crippen LogP contribution in [-0.4, -0.2) is 33.5 Å². The minimum absolute atomic E-state index is 0.325. The lowest BCUT2D eigenvalue weighted by molar-refractivity contribution is 0.178. The van der Waals surface area contributed by atoms with E-state index in [4.69, 9.17) is 14.2 Å². The minimum Gasteiger partial charge on any atom is -0.497 e. The molecule has 1 N–H and O–H groups in total. The molecule has 2 atom stereocenters. The van der Waals surface area contributed by atoms with Crippen molar-refractivity contribution in [1.82, 2.24) is 5.32 Å². The van der Waals surface area contributed by atoms with E-state index in [-0.39, 0.29) is 0 Å². The van der Waals surface area contributed by atoms with Gasteiger partial charge in [0.15, 0.2) is 0 Å². The standard InChI is InChI=1S/C15H23NO3/c1-11(6-8-17-2)16-14-7-9-19-15-5-4-12(18-3)10-13(14)15/h4-5,10-11,14,16H,6-9H2,1-3H3. The Morgan fingerprint density at radius 1 is 1.42 bits per heavy atom.